The molecule has 0 unspecified atom stereocenters. The predicted octanol–water partition coefficient (Wildman–Crippen LogP) is 2.85. The van der Waals surface area contributed by atoms with Crippen molar-refractivity contribution in [1.29, 1.82) is 0 Å². The topological polar surface area (TPSA) is 103 Å². The number of rotatable bonds is 7. The zero-order valence-corrected chi connectivity index (χ0v) is 17.6. The van der Waals surface area contributed by atoms with Crippen molar-refractivity contribution in [2.45, 2.75) is 20.0 Å². The lowest BCUT2D eigenvalue weighted by Crippen LogP contribution is -2.29. The summed E-state index contributed by atoms with van der Waals surface area (Å²) in [6, 6.07) is 13.3. The third-order valence-corrected chi connectivity index (χ3v) is 5.01. The van der Waals surface area contributed by atoms with Crippen LogP contribution < -0.4 is 15.5 Å². The van der Waals surface area contributed by atoms with Crippen molar-refractivity contribution in [3.05, 3.63) is 93.8 Å². The molecule has 3 aromatic heterocycles. The quantitative estimate of drug-likeness (QED) is 0.452. The standard InChI is InChI=1S/C24H21N3O5/c1-15-5-10-19-23(30)20(22(29)16-6-8-17(31-2)9-7-16)13-27(24(19)26-15)14-21(28)25-12-18-4-3-11-32-18/h3-11,13H,12,14H2,1-2H3,(H,25,28). The molecule has 162 valence electrons. The number of pyridine rings is 2. The van der Waals surface area contributed by atoms with Gasteiger partial charge in [-0.15, -0.1) is 0 Å². The molecule has 3 heterocycles. The van der Waals surface area contributed by atoms with Crippen molar-refractivity contribution < 1.29 is 18.7 Å². The van der Waals surface area contributed by atoms with Crippen LogP contribution in [0.2, 0.25) is 0 Å². The van der Waals surface area contributed by atoms with Gasteiger partial charge in [0.05, 0.1) is 30.9 Å². The van der Waals surface area contributed by atoms with Crippen LogP contribution in [0.1, 0.15) is 27.4 Å². The Bertz CT molecular complexity index is 1340. The van der Waals surface area contributed by atoms with Gasteiger partial charge in [0.2, 0.25) is 11.3 Å². The molecule has 0 atom stereocenters. The second-order valence-corrected chi connectivity index (χ2v) is 7.24. The van der Waals surface area contributed by atoms with Crippen LogP contribution in [0.5, 0.6) is 5.75 Å². The molecule has 0 aliphatic rings. The first kappa shape index (κ1) is 21.0. The van der Waals surface area contributed by atoms with Crippen LogP contribution in [0, 0.1) is 6.92 Å². The minimum Gasteiger partial charge on any atom is -0.497 e. The van der Waals surface area contributed by atoms with Crippen LogP contribution in [0.25, 0.3) is 11.0 Å². The number of fused-ring (bicyclic) bond motifs is 1. The number of ketones is 1. The molecule has 8 nitrogen and oxygen atoms in total. The molecular weight excluding hydrogens is 410 g/mol. The highest BCUT2D eigenvalue weighted by Crippen LogP contribution is 2.16. The summed E-state index contributed by atoms with van der Waals surface area (Å²) in [5.74, 6) is 0.472. The van der Waals surface area contributed by atoms with Crippen LogP contribution in [0.4, 0.5) is 0 Å². The third-order valence-electron chi connectivity index (χ3n) is 5.01. The van der Waals surface area contributed by atoms with E-state index in [2.05, 4.69) is 10.3 Å². The fourth-order valence-electron chi connectivity index (χ4n) is 3.35. The van der Waals surface area contributed by atoms with Crippen molar-refractivity contribution >= 4 is 22.7 Å². The average Bonchev–Trinajstić information content (AvgIpc) is 3.33. The summed E-state index contributed by atoms with van der Waals surface area (Å²) >= 11 is 0. The van der Waals surface area contributed by atoms with Crippen LogP contribution >= 0.6 is 0 Å². The Morgan fingerprint density at radius 2 is 1.91 bits per heavy atom. The highest BCUT2D eigenvalue weighted by Gasteiger charge is 2.19. The first-order chi connectivity index (χ1) is 15.5. The first-order valence-electron chi connectivity index (χ1n) is 9.95. The molecule has 0 aliphatic carbocycles. The van der Waals surface area contributed by atoms with Crippen molar-refractivity contribution in [1.82, 2.24) is 14.9 Å². The number of aryl methyl sites for hydroxylation is 1. The zero-order valence-electron chi connectivity index (χ0n) is 17.6. The highest BCUT2D eigenvalue weighted by atomic mass is 16.5. The van der Waals surface area contributed by atoms with E-state index in [1.807, 2.05) is 0 Å². The van der Waals surface area contributed by atoms with E-state index >= 15 is 0 Å². The van der Waals surface area contributed by atoms with Crippen molar-refractivity contribution in [3.8, 4) is 5.75 Å². The number of methoxy groups -OCH3 is 1. The van der Waals surface area contributed by atoms with Gasteiger partial charge in [0.1, 0.15) is 23.7 Å². The molecule has 4 aromatic rings. The van der Waals surface area contributed by atoms with Gasteiger partial charge in [0.15, 0.2) is 5.78 Å². The molecule has 32 heavy (non-hydrogen) atoms. The van der Waals surface area contributed by atoms with E-state index < -0.39 is 11.2 Å². The van der Waals surface area contributed by atoms with Crippen LogP contribution in [0.3, 0.4) is 0 Å². The second kappa shape index (κ2) is 8.89. The Kier molecular flexibility index (Phi) is 5.85. The maximum atomic E-state index is 13.1. The smallest absolute Gasteiger partial charge is 0.240 e. The predicted molar refractivity (Wildman–Crippen MR) is 118 cm³/mol. The second-order valence-electron chi connectivity index (χ2n) is 7.24. The molecule has 0 fully saturated rings. The Balaban J connectivity index is 1.71. The van der Waals surface area contributed by atoms with E-state index in [1.165, 1.54) is 24.1 Å². The van der Waals surface area contributed by atoms with Crippen molar-refractivity contribution in [2.24, 2.45) is 0 Å². The summed E-state index contributed by atoms with van der Waals surface area (Å²) in [5, 5.41) is 3.03. The average molecular weight is 431 g/mol. The van der Waals surface area contributed by atoms with E-state index in [0.29, 0.717) is 28.4 Å². The molecule has 1 N–H and O–H groups in total. The molecule has 0 spiro atoms. The van der Waals surface area contributed by atoms with Crippen LogP contribution in [-0.4, -0.2) is 28.4 Å². The van der Waals surface area contributed by atoms with Gasteiger partial charge in [-0.25, -0.2) is 4.98 Å². The number of amides is 1. The Labute approximate surface area is 183 Å². The van der Waals surface area contributed by atoms with Gasteiger partial charge in [-0.1, -0.05) is 0 Å². The Morgan fingerprint density at radius 1 is 1.12 bits per heavy atom. The number of furan rings is 1. The molecule has 0 radical (unpaired) electrons. The lowest BCUT2D eigenvalue weighted by molar-refractivity contribution is -0.121. The summed E-state index contributed by atoms with van der Waals surface area (Å²) in [6.07, 6.45) is 2.93. The number of benzene rings is 1. The first-order valence-corrected chi connectivity index (χ1v) is 9.95. The maximum absolute atomic E-state index is 13.1. The number of nitrogens with zero attached hydrogens (tertiary/aromatic N) is 2. The monoisotopic (exact) mass is 431 g/mol. The molecular formula is C24H21N3O5. The number of carbonyl (C=O) groups is 2. The van der Waals surface area contributed by atoms with Crippen molar-refractivity contribution in [2.75, 3.05) is 7.11 Å². The molecule has 4 rings (SSSR count). The number of ether oxygens (including phenoxy) is 1. The summed E-state index contributed by atoms with van der Waals surface area (Å²) in [6.45, 7) is 1.91. The molecule has 0 aliphatic heterocycles. The number of hydrogen-bond donors (Lipinski definition) is 1. The van der Waals surface area contributed by atoms with Gasteiger partial charge in [-0.2, -0.15) is 0 Å². The molecule has 0 bridgehead atoms. The molecule has 8 heteroatoms. The van der Waals surface area contributed by atoms with Gasteiger partial charge in [0.25, 0.3) is 0 Å². The fourth-order valence-corrected chi connectivity index (χ4v) is 3.35. The number of hydrogen-bond acceptors (Lipinski definition) is 6. The molecule has 0 saturated heterocycles. The lowest BCUT2D eigenvalue weighted by atomic mass is 10.0. The van der Waals surface area contributed by atoms with Gasteiger partial charge in [-0.05, 0) is 55.5 Å². The summed E-state index contributed by atoms with van der Waals surface area (Å²) in [5.41, 5.74) is 0.911. The van der Waals surface area contributed by atoms with E-state index in [-0.39, 0.29) is 29.9 Å². The van der Waals surface area contributed by atoms with Gasteiger partial charge in [0, 0.05) is 17.5 Å². The SMILES string of the molecule is COc1ccc(C(=O)c2cn(CC(=O)NCc3ccco3)c3nc(C)ccc3c2=O)cc1. The molecule has 1 aromatic carbocycles. The van der Waals surface area contributed by atoms with Crippen LogP contribution in [0.15, 0.2) is 70.2 Å². The Hall–Kier alpha value is -4.20. The van der Waals surface area contributed by atoms with Crippen molar-refractivity contribution in [3.63, 3.8) is 0 Å². The van der Waals surface area contributed by atoms with E-state index in [0.717, 1.165) is 0 Å². The maximum Gasteiger partial charge on any atom is 0.240 e. The zero-order chi connectivity index (χ0) is 22.7. The van der Waals surface area contributed by atoms with E-state index in [9.17, 15) is 14.4 Å². The Morgan fingerprint density at radius 3 is 2.59 bits per heavy atom. The summed E-state index contributed by atoms with van der Waals surface area (Å²) in [4.78, 5) is 43.2. The minimum atomic E-state index is -0.440. The number of nitrogens with one attached hydrogen (secondary N) is 1. The lowest BCUT2D eigenvalue weighted by Gasteiger charge is -2.13. The van der Waals surface area contributed by atoms with Gasteiger partial charge in [-0.3, -0.25) is 14.4 Å². The highest BCUT2D eigenvalue weighted by molar-refractivity contribution is 6.10. The normalized spacial score (nSPS) is 10.8. The van der Waals surface area contributed by atoms with Crippen LogP contribution in [-0.2, 0) is 17.9 Å². The number of aromatic nitrogens is 2. The van der Waals surface area contributed by atoms with Gasteiger partial charge >= 0.3 is 0 Å². The molecule has 1 amide bonds. The minimum absolute atomic E-state index is 0.0350. The third kappa shape index (κ3) is 4.29. The summed E-state index contributed by atoms with van der Waals surface area (Å²) in [7, 11) is 1.53. The van der Waals surface area contributed by atoms with E-state index in [1.54, 1.807) is 55.5 Å². The largest absolute Gasteiger partial charge is 0.497 e. The van der Waals surface area contributed by atoms with Gasteiger partial charge < -0.3 is 19.0 Å². The fraction of sp³-hybridized carbons (Fsp3) is 0.167. The summed E-state index contributed by atoms with van der Waals surface area (Å²) < 4.78 is 11.9. The number of carbonyl (C=O) groups excluding carboxylic acids is 2. The molecule has 0 saturated carbocycles. The van der Waals surface area contributed by atoms with E-state index in [4.69, 9.17) is 9.15 Å².